The molecule has 0 radical (unpaired) electrons. The molecule has 0 bridgehead atoms. The van der Waals surface area contributed by atoms with Gasteiger partial charge < -0.3 is 5.73 Å². The fraction of sp³-hybridized carbons (Fsp3) is 0.556. The Morgan fingerprint density at radius 3 is 2.90 bits per heavy atom. The fourth-order valence-corrected chi connectivity index (χ4v) is 3.84. The molecule has 2 N–H and O–H groups in total. The van der Waals surface area contributed by atoms with E-state index in [1.807, 2.05) is 0 Å². The summed E-state index contributed by atoms with van der Waals surface area (Å²) in [5, 5.41) is 0. The van der Waals surface area contributed by atoms with Crippen molar-refractivity contribution in [1.82, 2.24) is 4.90 Å². The van der Waals surface area contributed by atoms with E-state index in [0.717, 1.165) is 24.1 Å². The Kier molecular flexibility index (Phi) is 4.40. The quantitative estimate of drug-likeness (QED) is 0.836. The van der Waals surface area contributed by atoms with Crippen molar-refractivity contribution in [3.63, 3.8) is 0 Å². The summed E-state index contributed by atoms with van der Waals surface area (Å²) in [4.78, 5) is 2.69. The molecule has 3 rings (SSSR count). The maximum Gasteiger partial charge on any atom is 0.0555 e. The molecular weight excluding hydrogens is 244 g/mol. The highest BCUT2D eigenvalue weighted by Crippen LogP contribution is 2.37. The first-order valence-corrected chi connectivity index (χ1v) is 7.89. The normalized spacial score (nSPS) is 25.9. The topological polar surface area (TPSA) is 29.3 Å². The van der Waals surface area contributed by atoms with Crippen LogP contribution < -0.4 is 5.73 Å². The zero-order chi connectivity index (χ0) is 13.8. The van der Waals surface area contributed by atoms with Crippen molar-refractivity contribution in [1.29, 1.82) is 0 Å². The SMILES string of the molecule is NCC#Cc1ccccc1CN1CCC2CCCCC21. The van der Waals surface area contributed by atoms with Crippen molar-refractivity contribution in [2.75, 3.05) is 13.1 Å². The second-order valence-corrected chi connectivity index (χ2v) is 6.03. The first-order chi connectivity index (χ1) is 9.88. The molecule has 2 unspecified atom stereocenters. The Labute approximate surface area is 122 Å². The first-order valence-electron chi connectivity index (χ1n) is 7.89. The van der Waals surface area contributed by atoms with Gasteiger partial charge in [-0.25, -0.2) is 0 Å². The van der Waals surface area contributed by atoms with Gasteiger partial charge in [0.1, 0.15) is 0 Å². The number of nitrogens with zero attached hydrogens (tertiary/aromatic N) is 1. The number of hydrogen-bond acceptors (Lipinski definition) is 2. The summed E-state index contributed by atoms with van der Waals surface area (Å²) in [7, 11) is 0. The highest BCUT2D eigenvalue weighted by molar-refractivity contribution is 5.41. The van der Waals surface area contributed by atoms with Crippen LogP contribution >= 0.6 is 0 Å². The number of nitrogens with two attached hydrogens (primary N) is 1. The highest BCUT2D eigenvalue weighted by Gasteiger charge is 2.35. The minimum absolute atomic E-state index is 0.433. The highest BCUT2D eigenvalue weighted by atomic mass is 15.2. The predicted octanol–water partition coefficient (Wildman–Crippen LogP) is 2.76. The third-order valence-corrected chi connectivity index (χ3v) is 4.84. The zero-order valence-electron chi connectivity index (χ0n) is 12.1. The molecule has 1 saturated heterocycles. The Balaban J connectivity index is 1.74. The van der Waals surface area contributed by atoms with E-state index in [4.69, 9.17) is 5.73 Å². The van der Waals surface area contributed by atoms with Gasteiger partial charge in [0, 0.05) is 18.2 Å². The van der Waals surface area contributed by atoms with Gasteiger partial charge in [0.15, 0.2) is 0 Å². The smallest absolute Gasteiger partial charge is 0.0555 e. The average molecular weight is 268 g/mol. The second kappa shape index (κ2) is 6.43. The van der Waals surface area contributed by atoms with Gasteiger partial charge in [-0.05, 0) is 43.4 Å². The van der Waals surface area contributed by atoms with Gasteiger partial charge in [0.2, 0.25) is 0 Å². The number of fused-ring (bicyclic) bond motifs is 1. The average Bonchev–Trinajstić information content (AvgIpc) is 2.90. The van der Waals surface area contributed by atoms with Gasteiger partial charge in [0.05, 0.1) is 6.54 Å². The third-order valence-electron chi connectivity index (χ3n) is 4.84. The molecule has 1 saturated carbocycles. The molecule has 2 aliphatic rings. The van der Waals surface area contributed by atoms with E-state index < -0.39 is 0 Å². The van der Waals surface area contributed by atoms with E-state index >= 15 is 0 Å². The van der Waals surface area contributed by atoms with E-state index in [9.17, 15) is 0 Å². The van der Waals surface area contributed by atoms with Crippen LogP contribution in [-0.4, -0.2) is 24.0 Å². The summed E-state index contributed by atoms with van der Waals surface area (Å²) >= 11 is 0. The van der Waals surface area contributed by atoms with Crippen LogP contribution in [0.25, 0.3) is 0 Å². The number of likely N-dealkylation sites (tertiary alicyclic amines) is 1. The molecule has 1 aromatic rings. The summed E-state index contributed by atoms with van der Waals surface area (Å²) in [6, 6.07) is 9.34. The molecule has 1 heterocycles. The molecule has 1 aliphatic carbocycles. The van der Waals surface area contributed by atoms with E-state index in [1.165, 1.54) is 44.2 Å². The monoisotopic (exact) mass is 268 g/mol. The minimum atomic E-state index is 0.433. The van der Waals surface area contributed by atoms with Gasteiger partial charge in [-0.1, -0.05) is 42.9 Å². The van der Waals surface area contributed by atoms with Gasteiger partial charge in [0.25, 0.3) is 0 Å². The molecule has 106 valence electrons. The van der Waals surface area contributed by atoms with Crippen LogP contribution in [0.5, 0.6) is 0 Å². The molecule has 2 atom stereocenters. The maximum absolute atomic E-state index is 5.49. The van der Waals surface area contributed by atoms with Crippen molar-refractivity contribution in [2.45, 2.75) is 44.7 Å². The van der Waals surface area contributed by atoms with Crippen LogP contribution in [0.1, 0.15) is 43.2 Å². The van der Waals surface area contributed by atoms with Crippen molar-refractivity contribution in [3.8, 4) is 11.8 Å². The molecule has 0 amide bonds. The molecule has 0 spiro atoms. The molecule has 20 heavy (non-hydrogen) atoms. The lowest BCUT2D eigenvalue weighted by Gasteiger charge is -2.32. The van der Waals surface area contributed by atoms with Gasteiger partial charge in [-0.2, -0.15) is 0 Å². The van der Waals surface area contributed by atoms with Crippen LogP contribution in [0.2, 0.25) is 0 Å². The fourth-order valence-electron chi connectivity index (χ4n) is 3.84. The van der Waals surface area contributed by atoms with E-state index in [0.29, 0.717) is 6.54 Å². The van der Waals surface area contributed by atoms with Crippen LogP contribution in [0, 0.1) is 17.8 Å². The molecule has 0 aromatic heterocycles. The van der Waals surface area contributed by atoms with Crippen LogP contribution in [-0.2, 0) is 6.54 Å². The Morgan fingerprint density at radius 1 is 1.15 bits per heavy atom. The molecule has 1 aromatic carbocycles. The van der Waals surface area contributed by atoms with Gasteiger partial charge >= 0.3 is 0 Å². The van der Waals surface area contributed by atoms with Gasteiger partial charge in [-0.15, -0.1) is 0 Å². The molecule has 2 nitrogen and oxygen atoms in total. The summed E-state index contributed by atoms with van der Waals surface area (Å²) in [5.41, 5.74) is 8.00. The summed E-state index contributed by atoms with van der Waals surface area (Å²) in [5.74, 6) is 7.15. The standard InChI is InChI=1S/C18H24N2/c19-12-5-9-15-6-1-2-8-17(15)14-20-13-11-16-7-3-4-10-18(16)20/h1-2,6,8,16,18H,3-4,7,10-14,19H2. The van der Waals surface area contributed by atoms with Crippen molar-refractivity contribution >= 4 is 0 Å². The summed E-state index contributed by atoms with van der Waals surface area (Å²) in [6.07, 6.45) is 7.07. The lowest BCUT2D eigenvalue weighted by atomic mass is 9.85. The van der Waals surface area contributed by atoms with Crippen LogP contribution in [0.15, 0.2) is 24.3 Å². The molecule has 2 heteroatoms. The van der Waals surface area contributed by atoms with Crippen LogP contribution in [0.4, 0.5) is 0 Å². The second-order valence-electron chi connectivity index (χ2n) is 6.03. The first kappa shape index (κ1) is 13.7. The molecule has 2 fully saturated rings. The predicted molar refractivity (Wildman–Crippen MR) is 83.1 cm³/mol. The maximum atomic E-state index is 5.49. The molecular formula is C18H24N2. The van der Waals surface area contributed by atoms with E-state index in [-0.39, 0.29) is 0 Å². The molecule has 1 aliphatic heterocycles. The van der Waals surface area contributed by atoms with Crippen molar-refractivity contribution < 1.29 is 0 Å². The number of benzene rings is 1. The van der Waals surface area contributed by atoms with E-state index in [2.05, 4.69) is 41.0 Å². The summed E-state index contributed by atoms with van der Waals surface area (Å²) < 4.78 is 0. The lowest BCUT2D eigenvalue weighted by Crippen LogP contribution is -2.34. The Hall–Kier alpha value is -1.30. The van der Waals surface area contributed by atoms with E-state index in [1.54, 1.807) is 0 Å². The largest absolute Gasteiger partial charge is 0.320 e. The van der Waals surface area contributed by atoms with Crippen LogP contribution in [0.3, 0.4) is 0 Å². The Bertz CT molecular complexity index is 512. The van der Waals surface area contributed by atoms with Gasteiger partial charge in [-0.3, -0.25) is 4.90 Å². The minimum Gasteiger partial charge on any atom is -0.320 e. The lowest BCUT2D eigenvalue weighted by molar-refractivity contribution is 0.176. The summed E-state index contributed by atoms with van der Waals surface area (Å²) in [6.45, 7) is 2.74. The third kappa shape index (κ3) is 2.90. The zero-order valence-corrected chi connectivity index (χ0v) is 12.1. The van der Waals surface area contributed by atoms with Crippen molar-refractivity contribution in [3.05, 3.63) is 35.4 Å². The number of hydrogen-bond donors (Lipinski definition) is 1. The Morgan fingerprint density at radius 2 is 2.00 bits per heavy atom. The van der Waals surface area contributed by atoms with Crippen molar-refractivity contribution in [2.24, 2.45) is 11.7 Å². The number of rotatable bonds is 2.